The molecular weight excluding hydrogens is 495 g/mol. The summed E-state index contributed by atoms with van der Waals surface area (Å²) in [4.78, 5) is 33.8. The SMILES string of the molecule is O=C(O)[C@@H](c1ccc(C(F)(F)F)cc1)N1CC[C@@H](C(=O)N2CCC(Cc3ccc4c(n3)CCCC4)CC2)C1. The minimum absolute atomic E-state index is 0.0504. The van der Waals surface area contributed by atoms with Crippen molar-refractivity contribution in [3.05, 3.63) is 64.5 Å². The molecule has 2 aliphatic heterocycles. The summed E-state index contributed by atoms with van der Waals surface area (Å²) < 4.78 is 38.8. The summed E-state index contributed by atoms with van der Waals surface area (Å²) in [6.45, 7) is 2.07. The summed E-state index contributed by atoms with van der Waals surface area (Å²) in [5.41, 5.74) is 3.25. The molecule has 0 radical (unpaired) electrons. The molecule has 0 bridgehead atoms. The van der Waals surface area contributed by atoms with Gasteiger partial charge in [-0.05, 0) is 86.6 Å². The topological polar surface area (TPSA) is 73.7 Å². The number of hydrogen-bond donors (Lipinski definition) is 1. The highest BCUT2D eigenvalue weighted by molar-refractivity contribution is 5.80. The van der Waals surface area contributed by atoms with Gasteiger partial charge in [0.05, 0.1) is 11.5 Å². The molecule has 9 heteroatoms. The third-order valence-corrected chi connectivity index (χ3v) is 8.38. The third kappa shape index (κ3) is 5.87. The number of carboxylic acid groups (broad SMARTS) is 1. The summed E-state index contributed by atoms with van der Waals surface area (Å²) >= 11 is 0. The first-order valence-electron chi connectivity index (χ1n) is 13.6. The maximum Gasteiger partial charge on any atom is 0.416 e. The van der Waals surface area contributed by atoms with Crippen LogP contribution in [0, 0.1) is 11.8 Å². The van der Waals surface area contributed by atoms with E-state index in [1.807, 2.05) is 4.90 Å². The van der Waals surface area contributed by atoms with Crippen molar-refractivity contribution in [1.29, 1.82) is 0 Å². The largest absolute Gasteiger partial charge is 0.480 e. The monoisotopic (exact) mass is 529 g/mol. The Morgan fingerprint density at radius 3 is 2.37 bits per heavy atom. The maximum atomic E-state index is 13.3. The highest BCUT2D eigenvalue weighted by Crippen LogP contribution is 2.34. The Bertz CT molecular complexity index is 1160. The molecule has 2 fully saturated rings. The highest BCUT2D eigenvalue weighted by Gasteiger charge is 2.39. The molecule has 2 aromatic rings. The van der Waals surface area contributed by atoms with Crippen molar-refractivity contribution in [1.82, 2.24) is 14.8 Å². The average molecular weight is 530 g/mol. The lowest BCUT2D eigenvalue weighted by molar-refractivity contribution is -0.144. The number of fused-ring (bicyclic) bond motifs is 1. The second-order valence-electron chi connectivity index (χ2n) is 10.9. The van der Waals surface area contributed by atoms with Gasteiger partial charge < -0.3 is 10.0 Å². The summed E-state index contributed by atoms with van der Waals surface area (Å²) in [6, 6.07) is 7.57. The number of aliphatic carboxylic acids is 1. The number of piperidine rings is 1. The van der Waals surface area contributed by atoms with Crippen LogP contribution in [0.4, 0.5) is 13.2 Å². The minimum Gasteiger partial charge on any atom is -0.480 e. The Morgan fingerprint density at radius 1 is 0.974 bits per heavy atom. The molecule has 3 heterocycles. The van der Waals surface area contributed by atoms with E-state index in [-0.39, 0.29) is 23.9 Å². The number of carbonyl (C=O) groups is 2. The Morgan fingerprint density at radius 2 is 1.68 bits per heavy atom. The van der Waals surface area contributed by atoms with Gasteiger partial charge >= 0.3 is 12.1 Å². The molecule has 38 heavy (non-hydrogen) atoms. The Hall–Kier alpha value is -2.94. The van der Waals surface area contributed by atoms with E-state index < -0.39 is 23.8 Å². The summed E-state index contributed by atoms with van der Waals surface area (Å²) in [5.74, 6) is -0.890. The lowest BCUT2D eigenvalue weighted by atomic mass is 9.90. The van der Waals surface area contributed by atoms with Crippen LogP contribution in [0.25, 0.3) is 0 Å². The lowest BCUT2D eigenvalue weighted by Crippen LogP contribution is -2.43. The molecule has 1 amide bonds. The number of pyridine rings is 1. The molecule has 2 saturated heterocycles. The molecular formula is C29H34F3N3O3. The van der Waals surface area contributed by atoms with E-state index >= 15 is 0 Å². The van der Waals surface area contributed by atoms with Crippen LogP contribution in [0.1, 0.15) is 66.2 Å². The number of aromatic nitrogens is 1. The number of nitrogens with zero attached hydrogens (tertiary/aromatic N) is 3. The summed E-state index contributed by atoms with van der Waals surface area (Å²) in [7, 11) is 0. The first-order chi connectivity index (χ1) is 18.2. The van der Waals surface area contributed by atoms with Crippen LogP contribution in [-0.2, 0) is 35.0 Å². The molecule has 5 rings (SSSR count). The smallest absolute Gasteiger partial charge is 0.416 e. The molecule has 1 aromatic carbocycles. The Kier molecular flexibility index (Phi) is 7.75. The van der Waals surface area contributed by atoms with Gasteiger partial charge in [-0.2, -0.15) is 13.2 Å². The van der Waals surface area contributed by atoms with Gasteiger partial charge in [0, 0.05) is 37.6 Å². The zero-order valence-corrected chi connectivity index (χ0v) is 21.4. The van der Waals surface area contributed by atoms with Crippen LogP contribution < -0.4 is 0 Å². The molecule has 1 N–H and O–H groups in total. The van der Waals surface area contributed by atoms with Gasteiger partial charge in [0.15, 0.2) is 0 Å². The molecule has 3 aliphatic rings. The zero-order chi connectivity index (χ0) is 26.9. The number of rotatable bonds is 6. The van der Waals surface area contributed by atoms with E-state index in [1.54, 1.807) is 4.90 Å². The predicted molar refractivity (Wildman–Crippen MR) is 135 cm³/mol. The van der Waals surface area contributed by atoms with Gasteiger partial charge in [-0.3, -0.25) is 19.5 Å². The summed E-state index contributed by atoms with van der Waals surface area (Å²) in [5, 5.41) is 9.84. The minimum atomic E-state index is -4.48. The summed E-state index contributed by atoms with van der Waals surface area (Å²) in [6.07, 6.45) is 3.48. The van der Waals surface area contributed by atoms with Crippen LogP contribution in [-0.4, -0.2) is 57.9 Å². The molecule has 1 aromatic heterocycles. The van der Waals surface area contributed by atoms with E-state index in [0.29, 0.717) is 32.0 Å². The predicted octanol–water partition coefficient (Wildman–Crippen LogP) is 4.91. The second-order valence-corrected chi connectivity index (χ2v) is 10.9. The van der Waals surface area contributed by atoms with Gasteiger partial charge in [-0.15, -0.1) is 0 Å². The van der Waals surface area contributed by atoms with Crippen LogP contribution in [0.5, 0.6) is 0 Å². The fourth-order valence-electron chi connectivity index (χ4n) is 6.24. The first kappa shape index (κ1) is 26.7. The van der Waals surface area contributed by atoms with Crippen LogP contribution in [0.15, 0.2) is 36.4 Å². The number of carbonyl (C=O) groups excluding carboxylic acids is 1. The Labute approximate surface area is 220 Å². The molecule has 2 atom stereocenters. The van der Waals surface area contributed by atoms with E-state index in [2.05, 4.69) is 12.1 Å². The van der Waals surface area contributed by atoms with Crippen molar-refractivity contribution >= 4 is 11.9 Å². The van der Waals surface area contributed by atoms with Gasteiger partial charge in [0.2, 0.25) is 5.91 Å². The fraction of sp³-hybridized carbons (Fsp3) is 0.552. The molecule has 1 aliphatic carbocycles. The van der Waals surface area contributed by atoms with E-state index in [9.17, 15) is 27.9 Å². The highest BCUT2D eigenvalue weighted by atomic mass is 19.4. The van der Waals surface area contributed by atoms with Crippen molar-refractivity contribution in [2.75, 3.05) is 26.2 Å². The van der Waals surface area contributed by atoms with E-state index in [1.165, 1.54) is 36.2 Å². The van der Waals surface area contributed by atoms with Crippen molar-refractivity contribution in [2.24, 2.45) is 11.8 Å². The van der Waals surface area contributed by atoms with Crippen molar-refractivity contribution in [3.63, 3.8) is 0 Å². The first-order valence-corrected chi connectivity index (χ1v) is 13.6. The Balaban J connectivity index is 1.15. The lowest BCUT2D eigenvalue weighted by Gasteiger charge is -2.34. The van der Waals surface area contributed by atoms with Gasteiger partial charge in [-0.25, -0.2) is 0 Å². The van der Waals surface area contributed by atoms with Crippen molar-refractivity contribution in [3.8, 4) is 0 Å². The average Bonchev–Trinajstić information content (AvgIpc) is 3.38. The number of aryl methyl sites for hydroxylation is 2. The number of benzene rings is 1. The number of alkyl halides is 3. The van der Waals surface area contributed by atoms with Gasteiger partial charge in [0.25, 0.3) is 0 Å². The van der Waals surface area contributed by atoms with Crippen LogP contribution >= 0.6 is 0 Å². The van der Waals surface area contributed by atoms with Gasteiger partial charge in [0.1, 0.15) is 6.04 Å². The zero-order valence-electron chi connectivity index (χ0n) is 21.4. The normalized spacial score (nSPS) is 21.8. The standard InChI is InChI=1S/C29H34F3N3O3/c30-29(31,32)23-8-5-21(6-9-23)26(28(37)38)35-16-13-22(18-35)27(36)34-14-11-19(12-15-34)17-24-10-7-20-3-1-2-4-25(20)33-24/h5-10,19,22,26H,1-4,11-18H2,(H,37,38)/t22-,26-/m1/s1. The van der Waals surface area contributed by atoms with Crippen molar-refractivity contribution < 1.29 is 27.9 Å². The molecule has 0 saturated carbocycles. The number of halogens is 3. The number of likely N-dealkylation sites (tertiary alicyclic amines) is 2. The number of amides is 1. The van der Waals surface area contributed by atoms with Gasteiger partial charge in [-0.1, -0.05) is 18.2 Å². The molecule has 6 nitrogen and oxygen atoms in total. The van der Waals surface area contributed by atoms with Crippen molar-refractivity contribution in [2.45, 2.75) is 63.6 Å². The molecule has 0 unspecified atom stereocenters. The number of carboxylic acids is 1. The van der Waals surface area contributed by atoms with E-state index in [0.717, 1.165) is 49.9 Å². The fourth-order valence-corrected chi connectivity index (χ4v) is 6.24. The van der Waals surface area contributed by atoms with Crippen LogP contribution in [0.2, 0.25) is 0 Å². The number of hydrogen-bond acceptors (Lipinski definition) is 4. The maximum absolute atomic E-state index is 13.3. The quantitative estimate of drug-likeness (QED) is 0.576. The molecule has 0 spiro atoms. The second kappa shape index (κ2) is 11.0. The van der Waals surface area contributed by atoms with Crippen LogP contribution in [0.3, 0.4) is 0 Å². The third-order valence-electron chi connectivity index (χ3n) is 8.38. The molecule has 204 valence electrons. The van der Waals surface area contributed by atoms with E-state index in [4.69, 9.17) is 4.98 Å².